The molecule has 1 aromatic carbocycles. The van der Waals surface area contributed by atoms with E-state index in [1.165, 1.54) is 5.56 Å². The monoisotopic (exact) mass is 269 g/mol. The fourth-order valence-electron chi connectivity index (χ4n) is 2.49. The van der Waals surface area contributed by atoms with E-state index < -0.39 is 0 Å². The first kappa shape index (κ1) is 13.1. The number of ether oxygens (including phenoxy) is 1. The molecule has 104 valence electrons. The van der Waals surface area contributed by atoms with Crippen LogP contribution in [0.25, 0.3) is 0 Å². The van der Waals surface area contributed by atoms with Gasteiger partial charge in [-0.3, -0.25) is 0 Å². The topological polar surface area (TPSA) is 38.2 Å². The Bertz CT molecular complexity index is 559. The van der Waals surface area contributed by atoms with Crippen LogP contribution >= 0.6 is 0 Å². The number of hydrogen-bond acceptors (Lipinski definition) is 4. The van der Waals surface area contributed by atoms with E-state index in [1.54, 1.807) is 0 Å². The quantitative estimate of drug-likeness (QED) is 0.856. The maximum Gasteiger partial charge on any atom is 0.225 e. The Balaban J connectivity index is 1.67. The van der Waals surface area contributed by atoms with E-state index in [-0.39, 0.29) is 6.10 Å². The van der Waals surface area contributed by atoms with Crippen LogP contribution in [0.4, 0.5) is 5.95 Å². The van der Waals surface area contributed by atoms with Gasteiger partial charge in [-0.15, -0.1) is 0 Å². The summed E-state index contributed by atoms with van der Waals surface area (Å²) in [7, 11) is 0. The zero-order valence-electron chi connectivity index (χ0n) is 11.7. The third kappa shape index (κ3) is 3.14. The Morgan fingerprint density at radius 2 is 2.10 bits per heavy atom. The van der Waals surface area contributed by atoms with Gasteiger partial charge in [-0.05, 0) is 18.6 Å². The molecule has 1 atom stereocenters. The van der Waals surface area contributed by atoms with E-state index in [4.69, 9.17) is 4.74 Å². The summed E-state index contributed by atoms with van der Waals surface area (Å²) < 4.78 is 5.87. The number of hydrogen-bond donors (Lipinski definition) is 0. The highest BCUT2D eigenvalue weighted by molar-refractivity contribution is 5.31. The highest BCUT2D eigenvalue weighted by Crippen LogP contribution is 2.16. The van der Waals surface area contributed by atoms with Crippen LogP contribution in [0.5, 0.6) is 0 Å². The first-order valence-electron chi connectivity index (χ1n) is 7.01. The highest BCUT2D eigenvalue weighted by Gasteiger charge is 2.22. The van der Waals surface area contributed by atoms with Crippen LogP contribution < -0.4 is 4.90 Å². The molecule has 1 aliphatic heterocycles. The van der Waals surface area contributed by atoms with Gasteiger partial charge in [0.25, 0.3) is 0 Å². The van der Waals surface area contributed by atoms with Gasteiger partial charge in [-0.1, -0.05) is 30.3 Å². The molecule has 0 aliphatic carbocycles. The van der Waals surface area contributed by atoms with Crippen LogP contribution in [0, 0.1) is 6.92 Å². The van der Waals surface area contributed by atoms with Gasteiger partial charge in [0.1, 0.15) is 0 Å². The molecule has 1 fully saturated rings. The second-order valence-corrected chi connectivity index (χ2v) is 5.13. The fourth-order valence-corrected chi connectivity index (χ4v) is 2.49. The Morgan fingerprint density at radius 1 is 1.25 bits per heavy atom. The largest absolute Gasteiger partial charge is 0.374 e. The molecule has 3 rings (SSSR count). The number of morpholine rings is 1. The number of aromatic nitrogens is 2. The van der Waals surface area contributed by atoms with Crippen molar-refractivity contribution in [3.63, 3.8) is 0 Å². The lowest BCUT2D eigenvalue weighted by atomic mass is 10.1. The lowest BCUT2D eigenvalue weighted by Crippen LogP contribution is -2.44. The third-order valence-corrected chi connectivity index (χ3v) is 3.51. The lowest BCUT2D eigenvalue weighted by Gasteiger charge is -2.33. The lowest BCUT2D eigenvalue weighted by molar-refractivity contribution is 0.0405. The Hall–Kier alpha value is -1.94. The van der Waals surface area contributed by atoms with Gasteiger partial charge >= 0.3 is 0 Å². The van der Waals surface area contributed by atoms with Gasteiger partial charge in [0, 0.05) is 31.4 Å². The van der Waals surface area contributed by atoms with E-state index in [9.17, 15) is 0 Å². The van der Waals surface area contributed by atoms with Gasteiger partial charge < -0.3 is 9.64 Å². The Kier molecular flexibility index (Phi) is 3.92. The molecule has 0 radical (unpaired) electrons. The number of nitrogens with zero attached hydrogens (tertiary/aromatic N) is 3. The van der Waals surface area contributed by atoms with Crippen LogP contribution in [0.1, 0.15) is 11.3 Å². The van der Waals surface area contributed by atoms with E-state index in [1.807, 2.05) is 25.3 Å². The van der Waals surface area contributed by atoms with Crippen LogP contribution in [-0.4, -0.2) is 35.8 Å². The van der Waals surface area contributed by atoms with Crippen molar-refractivity contribution in [3.8, 4) is 0 Å². The molecular formula is C16H19N3O. The van der Waals surface area contributed by atoms with E-state index in [2.05, 4.69) is 39.1 Å². The Labute approximate surface area is 119 Å². The summed E-state index contributed by atoms with van der Waals surface area (Å²) in [5.74, 6) is 0.811. The highest BCUT2D eigenvalue weighted by atomic mass is 16.5. The maximum absolute atomic E-state index is 5.87. The molecule has 1 aliphatic rings. The molecule has 1 saturated heterocycles. The zero-order chi connectivity index (χ0) is 13.8. The number of rotatable bonds is 3. The average Bonchev–Trinajstić information content (AvgIpc) is 2.49. The minimum atomic E-state index is 0.204. The minimum Gasteiger partial charge on any atom is -0.374 e. The van der Waals surface area contributed by atoms with Gasteiger partial charge in [-0.2, -0.15) is 0 Å². The molecule has 4 heteroatoms. The van der Waals surface area contributed by atoms with E-state index >= 15 is 0 Å². The maximum atomic E-state index is 5.87. The third-order valence-electron chi connectivity index (χ3n) is 3.51. The summed E-state index contributed by atoms with van der Waals surface area (Å²) >= 11 is 0. The van der Waals surface area contributed by atoms with Crippen molar-refractivity contribution in [1.29, 1.82) is 0 Å². The minimum absolute atomic E-state index is 0.204. The van der Waals surface area contributed by atoms with Crippen molar-refractivity contribution in [2.75, 3.05) is 24.6 Å². The summed E-state index contributed by atoms with van der Waals surface area (Å²) in [5.41, 5.74) is 2.31. The van der Waals surface area contributed by atoms with Crippen molar-refractivity contribution >= 4 is 5.95 Å². The molecule has 2 aromatic rings. The predicted octanol–water partition coefficient (Wildman–Crippen LogP) is 2.23. The first-order valence-corrected chi connectivity index (χ1v) is 7.01. The molecular weight excluding hydrogens is 250 g/mol. The van der Waals surface area contributed by atoms with Gasteiger partial charge in [0.2, 0.25) is 5.95 Å². The zero-order valence-corrected chi connectivity index (χ0v) is 11.7. The molecule has 1 unspecified atom stereocenters. The second kappa shape index (κ2) is 6.01. The molecule has 0 N–H and O–H groups in total. The molecule has 4 nitrogen and oxygen atoms in total. The molecule has 0 spiro atoms. The van der Waals surface area contributed by atoms with Crippen LogP contribution in [0.3, 0.4) is 0 Å². The molecule has 20 heavy (non-hydrogen) atoms. The van der Waals surface area contributed by atoms with Crippen molar-refractivity contribution in [3.05, 3.63) is 53.9 Å². The molecule has 0 bridgehead atoms. The molecule has 0 amide bonds. The SMILES string of the molecule is Cc1ccnc(N2CCOC(Cc3ccccc3)C2)n1. The standard InChI is InChI=1S/C16H19N3O/c1-13-7-8-17-16(18-13)19-9-10-20-15(12-19)11-14-5-3-2-4-6-14/h2-8,15H,9-12H2,1H3. The summed E-state index contributed by atoms with van der Waals surface area (Å²) in [5, 5.41) is 0. The van der Waals surface area contributed by atoms with Crippen LogP contribution in [0.15, 0.2) is 42.6 Å². The van der Waals surface area contributed by atoms with Crippen molar-refractivity contribution in [2.45, 2.75) is 19.4 Å². The van der Waals surface area contributed by atoms with Crippen molar-refractivity contribution in [1.82, 2.24) is 9.97 Å². The Morgan fingerprint density at radius 3 is 2.90 bits per heavy atom. The molecule has 2 heterocycles. The smallest absolute Gasteiger partial charge is 0.225 e. The summed E-state index contributed by atoms with van der Waals surface area (Å²) in [6, 6.07) is 12.4. The average molecular weight is 269 g/mol. The molecule has 1 aromatic heterocycles. The number of anilines is 1. The van der Waals surface area contributed by atoms with E-state index in [0.29, 0.717) is 0 Å². The predicted molar refractivity (Wildman–Crippen MR) is 78.9 cm³/mol. The van der Waals surface area contributed by atoms with Crippen molar-refractivity contribution < 1.29 is 4.74 Å². The normalized spacial score (nSPS) is 19.1. The summed E-state index contributed by atoms with van der Waals surface area (Å²) in [6.07, 6.45) is 2.96. The summed E-state index contributed by atoms with van der Waals surface area (Å²) in [6.45, 7) is 4.43. The van der Waals surface area contributed by atoms with Crippen LogP contribution in [-0.2, 0) is 11.2 Å². The van der Waals surface area contributed by atoms with Crippen LogP contribution in [0.2, 0.25) is 0 Å². The number of aryl methyl sites for hydroxylation is 1. The number of benzene rings is 1. The first-order chi connectivity index (χ1) is 9.81. The molecule has 0 saturated carbocycles. The van der Waals surface area contributed by atoms with Gasteiger partial charge in [0.05, 0.1) is 12.7 Å². The second-order valence-electron chi connectivity index (χ2n) is 5.13. The van der Waals surface area contributed by atoms with Gasteiger partial charge in [-0.25, -0.2) is 9.97 Å². The van der Waals surface area contributed by atoms with E-state index in [0.717, 1.165) is 37.8 Å². The summed E-state index contributed by atoms with van der Waals surface area (Å²) in [4.78, 5) is 11.1. The van der Waals surface area contributed by atoms with Gasteiger partial charge in [0.15, 0.2) is 0 Å². The fraction of sp³-hybridized carbons (Fsp3) is 0.375. The van der Waals surface area contributed by atoms with Crippen molar-refractivity contribution in [2.24, 2.45) is 0 Å².